The van der Waals surface area contributed by atoms with Crippen LogP contribution in [-0.4, -0.2) is 4.57 Å². The third-order valence-electron chi connectivity index (χ3n) is 6.42. The molecule has 3 aliphatic rings. The first kappa shape index (κ1) is 21.8. The minimum absolute atomic E-state index is 0.189. The van der Waals surface area contributed by atoms with E-state index in [4.69, 9.17) is 8.83 Å². The van der Waals surface area contributed by atoms with E-state index in [-0.39, 0.29) is 11.3 Å². The monoisotopic (exact) mass is 488 g/mol. The molecule has 0 saturated heterocycles. The zero-order chi connectivity index (χ0) is 23.7. The van der Waals surface area contributed by atoms with E-state index in [1.807, 2.05) is 12.5 Å². The number of imidazole rings is 1. The average molecular weight is 488 g/mol. The quantitative estimate of drug-likeness (QED) is 0.169. The first-order chi connectivity index (χ1) is 15.3. The summed E-state index contributed by atoms with van der Waals surface area (Å²) in [5.74, 6) is 1.54. The van der Waals surface area contributed by atoms with E-state index >= 15 is 0 Å². The predicted molar refractivity (Wildman–Crippen MR) is 108 cm³/mol. The number of rotatable bonds is 2. The van der Waals surface area contributed by atoms with E-state index in [1.54, 1.807) is 12.5 Å². The molecule has 1 aliphatic carbocycles. The molecular formula is C22H19F6N2O2P. The number of benzene rings is 1. The summed E-state index contributed by atoms with van der Waals surface area (Å²) in [5.41, 5.74) is 5.09. The van der Waals surface area contributed by atoms with Gasteiger partial charge in [0.1, 0.15) is 24.4 Å². The molecule has 0 radical (unpaired) electrons. The maximum atomic E-state index is 9.87. The van der Waals surface area contributed by atoms with Gasteiger partial charge >= 0.3 is 33.0 Å². The van der Waals surface area contributed by atoms with Crippen molar-refractivity contribution in [2.24, 2.45) is 7.05 Å². The molecule has 0 spiro atoms. The van der Waals surface area contributed by atoms with Crippen molar-refractivity contribution in [3.05, 3.63) is 102 Å². The Kier molecular flexibility index (Phi) is 4.18. The van der Waals surface area contributed by atoms with Crippen molar-refractivity contribution in [1.29, 1.82) is 0 Å². The summed E-state index contributed by atoms with van der Waals surface area (Å²) in [7, 11) is -8.51. The van der Waals surface area contributed by atoms with Crippen molar-refractivity contribution < 1.29 is 38.6 Å². The SMILES string of the molecule is Cn1cc[n+]2c1[C@@H]1c3ccccc3[C@H]2CC1(c1ccoc1)c1ccoc1.F[P-](F)(F)(F)(F)F. The molecule has 1 aromatic carbocycles. The number of furan rings is 2. The molecule has 2 aliphatic heterocycles. The van der Waals surface area contributed by atoms with Gasteiger partial charge in [0.15, 0.2) is 0 Å². The van der Waals surface area contributed by atoms with Gasteiger partial charge in [-0.1, -0.05) is 24.3 Å². The Labute approximate surface area is 184 Å². The summed E-state index contributed by atoms with van der Waals surface area (Å²) in [4.78, 5) is 0. The molecule has 2 bridgehead atoms. The third kappa shape index (κ3) is 3.86. The summed E-state index contributed by atoms with van der Waals surface area (Å²) in [5, 5.41) is 0. The van der Waals surface area contributed by atoms with Gasteiger partial charge in [0.2, 0.25) is 0 Å². The molecule has 2 atom stereocenters. The van der Waals surface area contributed by atoms with Gasteiger partial charge in [0.05, 0.1) is 32.1 Å². The molecule has 0 amide bonds. The molecule has 0 N–H and O–H groups in total. The van der Waals surface area contributed by atoms with Crippen molar-refractivity contribution in [2.45, 2.75) is 23.8 Å². The van der Waals surface area contributed by atoms with E-state index in [2.05, 4.69) is 65.0 Å². The fraction of sp³-hybridized carbons (Fsp3) is 0.227. The number of fused-ring (bicyclic) bond motifs is 1. The molecule has 5 heterocycles. The van der Waals surface area contributed by atoms with Crippen molar-refractivity contribution in [2.75, 3.05) is 0 Å². The molecule has 11 heteroatoms. The van der Waals surface area contributed by atoms with E-state index in [0.717, 1.165) is 6.42 Å². The van der Waals surface area contributed by atoms with E-state index in [0.29, 0.717) is 6.04 Å². The van der Waals surface area contributed by atoms with Crippen LogP contribution in [0.15, 0.2) is 82.7 Å². The van der Waals surface area contributed by atoms with Gasteiger partial charge in [-0.3, -0.25) is 0 Å². The van der Waals surface area contributed by atoms with Crippen LogP contribution in [0, 0.1) is 0 Å². The van der Waals surface area contributed by atoms with Crippen LogP contribution in [0.1, 0.15) is 46.5 Å². The van der Waals surface area contributed by atoms with Crippen molar-refractivity contribution in [3.63, 3.8) is 0 Å². The standard InChI is InChI=1S/C22H19N2O2.F6P/c1-23-8-9-24-19-12-22(15-6-10-25-13-15,16-7-11-26-14-16)20(21(23)24)18-5-3-2-4-17(18)19;1-7(2,3,4,5)6/h2-11,13-14,19-20H,12H2,1H3;/q+1;-1/t19-,20+;/m1./s1. The molecule has 0 fully saturated rings. The van der Waals surface area contributed by atoms with E-state index in [1.165, 1.54) is 28.1 Å². The van der Waals surface area contributed by atoms with Crippen LogP contribution < -0.4 is 4.57 Å². The first-order valence-corrected chi connectivity index (χ1v) is 12.1. The Bertz CT molecular complexity index is 1270. The average Bonchev–Trinajstić information content (AvgIpc) is 3.48. The summed E-state index contributed by atoms with van der Waals surface area (Å²) in [6.07, 6.45) is 12.8. The number of aryl methyl sites for hydroxylation is 1. The Morgan fingerprint density at radius 1 is 0.909 bits per heavy atom. The Morgan fingerprint density at radius 3 is 1.97 bits per heavy atom. The zero-order valence-corrected chi connectivity index (χ0v) is 18.1. The van der Waals surface area contributed by atoms with Crippen LogP contribution in [0.5, 0.6) is 0 Å². The van der Waals surface area contributed by atoms with Crippen molar-refractivity contribution in [3.8, 4) is 0 Å². The molecule has 4 nitrogen and oxygen atoms in total. The zero-order valence-electron chi connectivity index (χ0n) is 17.2. The summed E-state index contributed by atoms with van der Waals surface area (Å²) in [6, 6.07) is 13.4. The molecule has 3 aromatic heterocycles. The Hall–Kier alpha value is -3.00. The van der Waals surface area contributed by atoms with Crippen LogP contribution in [0.2, 0.25) is 0 Å². The molecule has 7 rings (SSSR count). The second-order valence-corrected chi connectivity index (χ2v) is 10.3. The second kappa shape index (κ2) is 6.32. The number of aromatic nitrogens is 2. The van der Waals surface area contributed by atoms with Crippen LogP contribution >= 0.6 is 7.81 Å². The van der Waals surface area contributed by atoms with Gasteiger partial charge in [-0.15, -0.1) is 0 Å². The molecule has 0 unspecified atom stereocenters. The summed E-state index contributed by atoms with van der Waals surface area (Å²) in [6.45, 7) is 0. The molecule has 33 heavy (non-hydrogen) atoms. The van der Waals surface area contributed by atoms with Gasteiger partial charge in [0, 0.05) is 28.5 Å². The van der Waals surface area contributed by atoms with Crippen molar-refractivity contribution in [1.82, 2.24) is 4.57 Å². The normalized spacial score (nSPS) is 22.4. The second-order valence-electron chi connectivity index (χ2n) is 8.41. The van der Waals surface area contributed by atoms with Gasteiger partial charge in [-0.25, -0.2) is 9.13 Å². The Morgan fingerprint density at radius 2 is 1.45 bits per heavy atom. The van der Waals surface area contributed by atoms with Crippen LogP contribution in [0.25, 0.3) is 0 Å². The number of hydrogen-bond acceptors (Lipinski definition) is 2. The first-order valence-electron chi connectivity index (χ1n) is 10.0. The molecule has 4 aromatic rings. The number of nitrogens with zero attached hydrogens (tertiary/aromatic N) is 2. The third-order valence-corrected chi connectivity index (χ3v) is 6.42. The van der Waals surface area contributed by atoms with Gasteiger partial charge in [-0.05, 0) is 17.7 Å². The van der Waals surface area contributed by atoms with E-state index < -0.39 is 7.81 Å². The van der Waals surface area contributed by atoms with Crippen molar-refractivity contribution >= 4 is 7.81 Å². The molecule has 0 saturated carbocycles. The summed E-state index contributed by atoms with van der Waals surface area (Å²) < 4.78 is 75.0. The molecule has 176 valence electrons. The van der Waals surface area contributed by atoms with Crippen LogP contribution in [0.3, 0.4) is 0 Å². The topological polar surface area (TPSA) is 35.1 Å². The number of halogens is 6. The van der Waals surface area contributed by atoms with Crippen LogP contribution in [0.4, 0.5) is 25.2 Å². The predicted octanol–water partition coefficient (Wildman–Crippen LogP) is 7.31. The van der Waals surface area contributed by atoms with Gasteiger partial charge in [-0.2, -0.15) is 0 Å². The molecular weight excluding hydrogens is 469 g/mol. The number of hydrogen-bond donors (Lipinski definition) is 0. The Balaban J connectivity index is 0.000000287. The maximum absolute atomic E-state index is 10.7. The van der Waals surface area contributed by atoms with E-state index in [9.17, 15) is 25.2 Å². The fourth-order valence-corrected chi connectivity index (χ4v) is 5.38. The van der Waals surface area contributed by atoms with Crippen LogP contribution in [-0.2, 0) is 12.5 Å². The van der Waals surface area contributed by atoms with Gasteiger partial charge < -0.3 is 8.83 Å². The van der Waals surface area contributed by atoms with Gasteiger partial charge in [0.25, 0.3) is 5.82 Å². The fourth-order valence-electron chi connectivity index (χ4n) is 5.38. The summed E-state index contributed by atoms with van der Waals surface area (Å²) >= 11 is 0. The minimum atomic E-state index is -10.7.